The van der Waals surface area contributed by atoms with Crippen molar-refractivity contribution in [2.24, 2.45) is 0 Å². The Morgan fingerprint density at radius 3 is 2.57 bits per heavy atom. The third kappa shape index (κ3) is 3.68. The van der Waals surface area contributed by atoms with Crippen molar-refractivity contribution in [3.63, 3.8) is 0 Å². The topological polar surface area (TPSA) is 58.4 Å². The Bertz CT molecular complexity index is 689. The van der Waals surface area contributed by atoms with Gasteiger partial charge in [0.1, 0.15) is 0 Å². The van der Waals surface area contributed by atoms with Gasteiger partial charge in [0.2, 0.25) is 0 Å². The summed E-state index contributed by atoms with van der Waals surface area (Å²) in [5, 5.41) is 3.25. The summed E-state index contributed by atoms with van der Waals surface area (Å²) in [6.07, 6.45) is 0. The molecule has 0 radical (unpaired) electrons. The van der Waals surface area contributed by atoms with Crippen LogP contribution in [0.15, 0.2) is 40.9 Å². The van der Waals surface area contributed by atoms with Gasteiger partial charge in [-0.25, -0.2) is 0 Å². The summed E-state index contributed by atoms with van der Waals surface area (Å²) in [4.78, 5) is 14.1. The van der Waals surface area contributed by atoms with Crippen LogP contribution in [-0.2, 0) is 0 Å². The minimum Gasteiger partial charge on any atom is -0.397 e. The van der Waals surface area contributed by atoms with E-state index in [0.717, 1.165) is 10.2 Å². The van der Waals surface area contributed by atoms with Gasteiger partial charge >= 0.3 is 0 Å². The number of hydrogen-bond acceptors (Lipinski definition) is 3. The molecule has 6 heteroatoms. The van der Waals surface area contributed by atoms with Crippen LogP contribution in [-0.4, -0.2) is 20.0 Å². The van der Waals surface area contributed by atoms with E-state index in [1.54, 1.807) is 24.3 Å². The summed E-state index contributed by atoms with van der Waals surface area (Å²) < 4.78 is 0.838. The summed E-state index contributed by atoms with van der Waals surface area (Å²) >= 11 is 9.40. The Morgan fingerprint density at radius 2 is 1.95 bits per heavy atom. The van der Waals surface area contributed by atoms with Crippen molar-refractivity contribution in [1.29, 1.82) is 0 Å². The Balaban J connectivity index is 2.24. The van der Waals surface area contributed by atoms with Crippen molar-refractivity contribution in [3.05, 3.63) is 51.5 Å². The van der Waals surface area contributed by atoms with Gasteiger partial charge in [-0.2, -0.15) is 0 Å². The Labute approximate surface area is 137 Å². The fraction of sp³-hybridized carbons (Fsp3) is 0.133. The minimum atomic E-state index is -0.257. The van der Waals surface area contributed by atoms with Gasteiger partial charge in [-0.05, 0) is 36.4 Å². The van der Waals surface area contributed by atoms with E-state index >= 15 is 0 Å². The normalized spacial score (nSPS) is 10.3. The molecule has 0 aromatic heterocycles. The Morgan fingerprint density at radius 1 is 1.24 bits per heavy atom. The Hall–Kier alpha value is -1.72. The number of hydrogen-bond donors (Lipinski definition) is 2. The molecule has 0 saturated carbocycles. The second-order valence-electron chi connectivity index (χ2n) is 4.75. The number of nitrogens with two attached hydrogens (primary N) is 1. The van der Waals surface area contributed by atoms with Crippen molar-refractivity contribution in [3.8, 4) is 0 Å². The third-order valence-corrected chi connectivity index (χ3v) is 3.77. The molecule has 4 nitrogen and oxygen atoms in total. The average molecular weight is 369 g/mol. The zero-order chi connectivity index (χ0) is 15.6. The van der Waals surface area contributed by atoms with E-state index in [4.69, 9.17) is 17.3 Å². The number of benzene rings is 2. The van der Waals surface area contributed by atoms with Crippen LogP contribution in [0.5, 0.6) is 0 Å². The molecule has 0 fully saturated rings. The molecule has 3 N–H and O–H groups in total. The fourth-order valence-electron chi connectivity index (χ4n) is 1.89. The summed E-state index contributed by atoms with van der Waals surface area (Å²) in [7, 11) is 3.79. The van der Waals surface area contributed by atoms with E-state index < -0.39 is 0 Å². The van der Waals surface area contributed by atoms with Crippen molar-refractivity contribution in [2.45, 2.75) is 0 Å². The summed E-state index contributed by atoms with van der Waals surface area (Å²) in [6, 6.07) is 10.5. The lowest BCUT2D eigenvalue weighted by Gasteiger charge is -2.16. The maximum absolute atomic E-state index is 12.3. The highest BCUT2D eigenvalue weighted by atomic mass is 79.9. The van der Waals surface area contributed by atoms with E-state index in [2.05, 4.69) is 21.2 Å². The molecular formula is C15H15BrClN3O. The zero-order valence-corrected chi connectivity index (χ0v) is 14.0. The second kappa shape index (κ2) is 6.37. The van der Waals surface area contributed by atoms with Crippen molar-refractivity contribution in [2.75, 3.05) is 30.0 Å². The van der Waals surface area contributed by atoms with Gasteiger partial charge in [-0.15, -0.1) is 0 Å². The van der Waals surface area contributed by atoms with Gasteiger partial charge < -0.3 is 16.0 Å². The van der Waals surface area contributed by atoms with Gasteiger partial charge in [-0.1, -0.05) is 27.5 Å². The predicted octanol–water partition coefficient (Wildman–Crippen LogP) is 4.00. The standard InChI is InChI=1S/C15H15BrClN3O/c1-20(2)14-6-3-9(7-12(14)18)15(21)19-13-8-10(16)4-5-11(13)17/h3-8H,18H2,1-2H3,(H,19,21). The van der Waals surface area contributed by atoms with Crippen molar-refractivity contribution < 1.29 is 4.79 Å². The summed E-state index contributed by atoms with van der Waals surface area (Å²) in [5.74, 6) is -0.257. The minimum absolute atomic E-state index is 0.257. The monoisotopic (exact) mass is 367 g/mol. The van der Waals surface area contributed by atoms with Crippen molar-refractivity contribution in [1.82, 2.24) is 0 Å². The average Bonchev–Trinajstić information content (AvgIpc) is 2.42. The number of halogens is 2. The molecule has 2 aromatic carbocycles. The first-order valence-corrected chi connectivity index (χ1v) is 7.39. The van der Waals surface area contributed by atoms with Crippen LogP contribution in [0, 0.1) is 0 Å². The maximum Gasteiger partial charge on any atom is 0.255 e. The lowest BCUT2D eigenvalue weighted by atomic mass is 10.1. The third-order valence-electron chi connectivity index (χ3n) is 2.95. The highest BCUT2D eigenvalue weighted by Gasteiger charge is 2.11. The molecule has 0 aliphatic heterocycles. The smallest absolute Gasteiger partial charge is 0.255 e. The molecule has 0 bridgehead atoms. The number of anilines is 3. The molecule has 0 aliphatic carbocycles. The first-order valence-electron chi connectivity index (χ1n) is 6.21. The molecular weight excluding hydrogens is 354 g/mol. The largest absolute Gasteiger partial charge is 0.397 e. The number of carbonyl (C=O) groups is 1. The predicted molar refractivity (Wildman–Crippen MR) is 92.3 cm³/mol. The van der Waals surface area contributed by atoms with Crippen LogP contribution in [0.4, 0.5) is 17.1 Å². The van der Waals surface area contributed by atoms with Crippen LogP contribution in [0.3, 0.4) is 0 Å². The van der Waals surface area contributed by atoms with Crippen molar-refractivity contribution >= 4 is 50.5 Å². The number of carbonyl (C=O) groups excluding carboxylic acids is 1. The molecule has 0 spiro atoms. The first-order chi connectivity index (χ1) is 9.88. The number of rotatable bonds is 3. The van der Waals surface area contributed by atoms with E-state index in [0.29, 0.717) is 22.0 Å². The molecule has 0 heterocycles. The van der Waals surface area contributed by atoms with Gasteiger partial charge in [0.25, 0.3) is 5.91 Å². The quantitative estimate of drug-likeness (QED) is 0.805. The number of nitrogens with zero attached hydrogens (tertiary/aromatic N) is 1. The van der Waals surface area contributed by atoms with Gasteiger partial charge in [0, 0.05) is 24.1 Å². The SMILES string of the molecule is CN(C)c1ccc(C(=O)Nc2cc(Br)ccc2Cl)cc1N. The molecule has 21 heavy (non-hydrogen) atoms. The number of amides is 1. The maximum atomic E-state index is 12.3. The van der Waals surface area contributed by atoms with Crippen LogP contribution >= 0.6 is 27.5 Å². The molecule has 2 aromatic rings. The molecule has 1 amide bonds. The van der Waals surface area contributed by atoms with Gasteiger partial charge in [-0.3, -0.25) is 4.79 Å². The second-order valence-corrected chi connectivity index (χ2v) is 6.07. The van der Waals surface area contributed by atoms with E-state index in [-0.39, 0.29) is 5.91 Å². The van der Waals surface area contributed by atoms with Crippen LogP contribution in [0.25, 0.3) is 0 Å². The molecule has 0 unspecified atom stereocenters. The van der Waals surface area contributed by atoms with E-state index in [1.807, 2.05) is 31.1 Å². The fourth-order valence-corrected chi connectivity index (χ4v) is 2.42. The molecule has 0 saturated heterocycles. The molecule has 0 aliphatic rings. The summed E-state index contributed by atoms with van der Waals surface area (Å²) in [5.41, 5.74) is 8.40. The van der Waals surface area contributed by atoms with E-state index in [1.165, 1.54) is 0 Å². The first kappa shape index (κ1) is 15.7. The lowest BCUT2D eigenvalue weighted by Crippen LogP contribution is -2.15. The molecule has 110 valence electrons. The van der Waals surface area contributed by atoms with Gasteiger partial charge in [0.15, 0.2) is 0 Å². The van der Waals surface area contributed by atoms with E-state index in [9.17, 15) is 4.79 Å². The van der Waals surface area contributed by atoms with Crippen LogP contribution in [0.1, 0.15) is 10.4 Å². The summed E-state index contributed by atoms with van der Waals surface area (Å²) in [6.45, 7) is 0. The van der Waals surface area contributed by atoms with Crippen LogP contribution < -0.4 is 16.0 Å². The Kier molecular flexibility index (Phi) is 4.75. The zero-order valence-electron chi connectivity index (χ0n) is 11.7. The highest BCUT2D eigenvalue weighted by Crippen LogP contribution is 2.27. The van der Waals surface area contributed by atoms with Gasteiger partial charge in [0.05, 0.1) is 22.1 Å². The molecule has 0 atom stereocenters. The lowest BCUT2D eigenvalue weighted by molar-refractivity contribution is 0.102. The van der Waals surface area contributed by atoms with Crippen LogP contribution in [0.2, 0.25) is 5.02 Å². The molecule has 2 rings (SSSR count). The highest BCUT2D eigenvalue weighted by molar-refractivity contribution is 9.10. The number of nitrogens with one attached hydrogen (secondary N) is 1. The number of nitrogen functional groups attached to an aromatic ring is 1.